The normalized spacial score (nSPS) is 10.5. The lowest BCUT2D eigenvalue weighted by atomic mass is 10.3. The molecule has 1 heterocycles. The van der Waals surface area contributed by atoms with E-state index in [-0.39, 0.29) is 5.91 Å². The van der Waals surface area contributed by atoms with Crippen molar-refractivity contribution in [3.05, 3.63) is 35.3 Å². The maximum Gasteiger partial charge on any atom is 0.221 e. The smallest absolute Gasteiger partial charge is 0.221 e. The van der Waals surface area contributed by atoms with Crippen LogP contribution >= 0.6 is 11.3 Å². The standard InChI is InChI=1S/C16H22N4OS/c1-3-8-17-9-7-15-11-22-16(20-15)19-14-6-4-5-13(10-14)18-12(2)21/h4-6,10-11,17H,3,7-9H2,1-2H3,(H,18,21)(H,19,20). The molecule has 3 N–H and O–H groups in total. The van der Waals surface area contributed by atoms with Crippen LogP contribution in [0.4, 0.5) is 16.5 Å². The van der Waals surface area contributed by atoms with Crippen LogP contribution in [-0.2, 0) is 11.2 Å². The van der Waals surface area contributed by atoms with Crippen LogP contribution < -0.4 is 16.0 Å². The third kappa shape index (κ3) is 5.46. The highest BCUT2D eigenvalue weighted by Crippen LogP contribution is 2.23. The van der Waals surface area contributed by atoms with Gasteiger partial charge in [-0.25, -0.2) is 4.98 Å². The summed E-state index contributed by atoms with van der Waals surface area (Å²) in [5.41, 5.74) is 2.78. The number of amides is 1. The van der Waals surface area contributed by atoms with Gasteiger partial charge in [-0.05, 0) is 31.2 Å². The summed E-state index contributed by atoms with van der Waals surface area (Å²) >= 11 is 1.59. The molecule has 1 aromatic heterocycles. The van der Waals surface area contributed by atoms with Crippen molar-refractivity contribution in [2.24, 2.45) is 0 Å². The highest BCUT2D eigenvalue weighted by molar-refractivity contribution is 7.13. The minimum Gasteiger partial charge on any atom is -0.331 e. The van der Waals surface area contributed by atoms with E-state index in [2.05, 4.69) is 33.2 Å². The van der Waals surface area contributed by atoms with Crippen molar-refractivity contribution in [2.45, 2.75) is 26.7 Å². The molecule has 0 fully saturated rings. The van der Waals surface area contributed by atoms with E-state index in [0.29, 0.717) is 0 Å². The fourth-order valence-electron chi connectivity index (χ4n) is 2.00. The Bertz CT molecular complexity index is 612. The molecule has 2 aromatic rings. The number of carbonyl (C=O) groups is 1. The van der Waals surface area contributed by atoms with E-state index < -0.39 is 0 Å². The van der Waals surface area contributed by atoms with E-state index in [9.17, 15) is 4.79 Å². The van der Waals surface area contributed by atoms with E-state index >= 15 is 0 Å². The van der Waals surface area contributed by atoms with Gasteiger partial charge in [-0.3, -0.25) is 4.79 Å². The van der Waals surface area contributed by atoms with Gasteiger partial charge in [-0.2, -0.15) is 0 Å². The third-order valence-corrected chi connectivity index (χ3v) is 3.78. The molecule has 0 unspecified atom stereocenters. The largest absolute Gasteiger partial charge is 0.331 e. The maximum atomic E-state index is 11.1. The Balaban J connectivity index is 1.90. The van der Waals surface area contributed by atoms with Crippen molar-refractivity contribution < 1.29 is 4.79 Å². The fourth-order valence-corrected chi connectivity index (χ4v) is 2.76. The van der Waals surface area contributed by atoms with Crippen LogP contribution in [0.3, 0.4) is 0 Å². The SMILES string of the molecule is CCCNCCc1csc(Nc2cccc(NC(C)=O)c2)n1. The molecule has 1 aromatic carbocycles. The summed E-state index contributed by atoms with van der Waals surface area (Å²) in [6, 6.07) is 7.61. The lowest BCUT2D eigenvalue weighted by Gasteiger charge is -2.06. The number of benzene rings is 1. The summed E-state index contributed by atoms with van der Waals surface area (Å²) in [5.74, 6) is -0.0757. The molecule has 5 nitrogen and oxygen atoms in total. The van der Waals surface area contributed by atoms with Gasteiger partial charge in [0.1, 0.15) is 0 Å². The number of nitrogens with zero attached hydrogens (tertiary/aromatic N) is 1. The zero-order valence-corrected chi connectivity index (χ0v) is 13.8. The van der Waals surface area contributed by atoms with Crippen LogP contribution in [0.15, 0.2) is 29.6 Å². The monoisotopic (exact) mass is 318 g/mol. The first-order chi connectivity index (χ1) is 10.7. The second-order valence-electron chi connectivity index (χ2n) is 5.03. The van der Waals surface area contributed by atoms with Crippen molar-refractivity contribution in [1.29, 1.82) is 0 Å². The number of anilines is 3. The van der Waals surface area contributed by atoms with Crippen LogP contribution in [0.25, 0.3) is 0 Å². The van der Waals surface area contributed by atoms with Gasteiger partial charge in [-0.15, -0.1) is 11.3 Å². The predicted octanol–water partition coefficient (Wildman–Crippen LogP) is 3.39. The molecular weight excluding hydrogens is 296 g/mol. The Morgan fingerprint density at radius 2 is 2.09 bits per heavy atom. The van der Waals surface area contributed by atoms with Gasteiger partial charge in [0.05, 0.1) is 5.69 Å². The molecule has 0 spiro atoms. The zero-order chi connectivity index (χ0) is 15.8. The Hall–Kier alpha value is -1.92. The van der Waals surface area contributed by atoms with Crippen molar-refractivity contribution in [3.63, 3.8) is 0 Å². The van der Waals surface area contributed by atoms with Crippen molar-refractivity contribution in [2.75, 3.05) is 23.7 Å². The molecule has 0 aliphatic heterocycles. The van der Waals surface area contributed by atoms with Gasteiger partial charge in [0, 0.05) is 36.6 Å². The number of rotatable bonds is 8. The predicted molar refractivity (Wildman–Crippen MR) is 93.0 cm³/mol. The summed E-state index contributed by atoms with van der Waals surface area (Å²) in [6.45, 7) is 5.66. The summed E-state index contributed by atoms with van der Waals surface area (Å²) in [4.78, 5) is 15.7. The number of nitrogens with one attached hydrogen (secondary N) is 3. The van der Waals surface area contributed by atoms with Gasteiger partial charge in [0.15, 0.2) is 5.13 Å². The number of aromatic nitrogens is 1. The maximum absolute atomic E-state index is 11.1. The molecule has 0 aliphatic rings. The van der Waals surface area contributed by atoms with E-state index in [1.165, 1.54) is 6.92 Å². The topological polar surface area (TPSA) is 66.0 Å². The fraction of sp³-hybridized carbons (Fsp3) is 0.375. The van der Waals surface area contributed by atoms with E-state index in [0.717, 1.165) is 48.1 Å². The van der Waals surface area contributed by atoms with Crippen LogP contribution in [0.5, 0.6) is 0 Å². The molecule has 0 bridgehead atoms. The zero-order valence-electron chi connectivity index (χ0n) is 13.0. The van der Waals surface area contributed by atoms with Gasteiger partial charge < -0.3 is 16.0 Å². The van der Waals surface area contributed by atoms with Gasteiger partial charge >= 0.3 is 0 Å². The van der Waals surface area contributed by atoms with Crippen LogP contribution in [0.1, 0.15) is 26.0 Å². The highest BCUT2D eigenvalue weighted by atomic mass is 32.1. The first kappa shape index (κ1) is 16.5. The number of carbonyl (C=O) groups excluding carboxylic acids is 1. The van der Waals surface area contributed by atoms with Crippen LogP contribution in [0.2, 0.25) is 0 Å². The van der Waals surface area contributed by atoms with Crippen LogP contribution in [-0.4, -0.2) is 24.0 Å². The molecule has 2 rings (SSSR count). The molecule has 0 radical (unpaired) electrons. The first-order valence-electron chi connectivity index (χ1n) is 7.47. The van der Waals surface area contributed by atoms with E-state index in [1.807, 2.05) is 24.3 Å². The summed E-state index contributed by atoms with van der Waals surface area (Å²) < 4.78 is 0. The molecular formula is C16H22N4OS. The quantitative estimate of drug-likeness (QED) is 0.653. The lowest BCUT2D eigenvalue weighted by Crippen LogP contribution is -2.17. The highest BCUT2D eigenvalue weighted by Gasteiger charge is 2.03. The summed E-state index contributed by atoms with van der Waals surface area (Å²) in [5, 5.41) is 12.4. The van der Waals surface area contributed by atoms with E-state index in [1.54, 1.807) is 11.3 Å². The molecule has 0 saturated carbocycles. The minimum absolute atomic E-state index is 0.0757. The molecule has 0 atom stereocenters. The van der Waals surface area contributed by atoms with Gasteiger partial charge in [0.25, 0.3) is 0 Å². The molecule has 6 heteroatoms. The summed E-state index contributed by atoms with van der Waals surface area (Å²) in [7, 11) is 0. The molecule has 1 amide bonds. The number of hydrogen-bond acceptors (Lipinski definition) is 5. The Morgan fingerprint density at radius 1 is 1.27 bits per heavy atom. The lowest BCUT2D eigenvalue weighted by molar-refractivity contribution is -0.114. The number of thiazole rings is 1. The van der Waals surface area contributed by atoms with Crippen LogP contribution in [0, 0.1) is 0 Å². The second-order valence-corrected chi connectivity index (χ2v) is 5.89. The average molecular weight is 318 g/mol. The molecule has 0 aliphatic carbocycles. The minimum atomic E-state index is -0.0757. The van der Waals surface area contributed by atoms with E-state index in [4.69, 9.17) is 0 Å². The first-order valence-corrected chi connectivity index (χ1v) is 8.35. The molecule has 118 valence electrons. The Morgan fingerprint density at radius 3 is 2.86 bits per heavy atom. The Kier molecular flexibility index (Phi) is 6.36. The molecule has 22 heavy (non-hydrogen) atoms. The second kappa shape index (κ2) is 8.51. The summed E-state index contributed by atoms with van der Waals surface area (Å²) in [6.07, 6.45) is 2.08. The third-order valence-electron chi connectivity index (χ3n) is 2.97. The number of hydrogen-bond donors (Lipinski definition) is 3. The Labute approximate surface area is 135 Å². The van der Waals surface area contributed by atoms with Gasteiger partial charge in [0.2, 0.25) is 5.91 Å². The van der Waals surface area contributed by atoms with Crippen molar-refractivity contribution in [1.82, 2.24) is 10.3 Å². The van der Waals surface area contributed by atoms with Crippen molar-refractivity contribution >= 4 is 33.8 Å². The van der Waals surface area contributed by atoms with Crippen molar-refractivity contribution in [3.8, 4) is 0 Å². The molecule has 0 saturated heterocycles. The average Bonchev–Trinajstić information content (AvgIpc) is 2.91. The van der Waals surface area contributed by atoms with Gasteiger partial charge in [-0.1, -0.05) is 13.0 Å².